The molecule has 1 amide bonds. The summed E-state index contributed by atoms with van der Waals surface area (Å²) in [7, 11) is 0. The van der Waals surface area contributed by atoms with Gasteiger partial charge in [-0.05, 0) is 25.0 Å². The van der Waals surface area contributed by atoms with Crippen molar-refractivity contribution in [2.24, 2.45) is 5.41 Å². The first-order valence-corrected chi connectivity index (χ1v) is 7.79. The van der Waals surface area contributed by atoms with Crippen molar-refractivity contribution in [1.82, 2.24) is 5.32 Å². The van der Waals surface area contributed by atoms with E-state index in [9.17, 15) is 29.9 Å². The highest BCUT2D eigenvalue weighted by molar-refractivity contribution is 5.95. The number of nitro groups is 1. The molecule has 24 heavy (non-hydrogen) atoms. The van der Waals surface area contributed by atoms with Gasteiger partial charge in [0.25, 0.3) is 11.6 Å². The Labute approximate surface area is 138 Å². The Balaban J connectivity index is 2.12. The monoisotopic (exact) mass is 336 g/mol. The Bertz CT molecular complexity index is 652. The van der Waals surface area contributed by atoms with Crippen molar-refractivity contribution < 1.29 is 24.7 Å². The number of benzene rings is 1. The Morgan fingerprint density at radius 2 is 1.92 bits per heavy atom. The van der Waals surface area contributed by atoms with Gasteiger partial charge in [0.1, 0.15) is 0 Å². The lowest BCUT2D eigenvalue weighted by Gasteiger charge is -2.33. The molecule has 2 rings (SSSR count). The number of nitro benzene ring substituents is 1. The molecule has 3 N–H and O–H groups in total. The fourth-order valence-electron chi connectivity index (χ4n) is 3.08. The van der Waals surface area contributed by atoms with Crippen molar-refractivity contribution in [3.05, 3.63) is 39.4 Å². The molecule has 1 saturated carbocycles. The maximum Gasteiger partial charge on any atom is 0.311 e. The molecule has 0 bridgehead atoms. The first-order chi connectivity index (χ1) is 11.4. The summed E-state index contributed by atoms with van der Waals surface area (Å²) in [4.78, 5) is 34.0. The number of hydrogen-bond donors (Lipinski definition) is 3. The van der Waals surface area contributed by atoms with Gasteiger partial charge in [-0.1, -0.05) is 19.3 Å². The van der Waals surface area contributed by atoms with Gasteiger partial charge >= 0.3 is 5.97 Å². The standard InChI is InChI=1S/C16H20N2O6/c19-9-12-8-11(4-5-13(12)18(23)24)14(20)17-10-16(15(21)22)6-2-1-3-7-16/h4-5,8,19H,1-3,6-7,9-10H2,(H,17,20)(H,21,22). The summed E-state index contributed by atoms with van der Waals surface area (Å²) < 4.78 is 0. The van der Waals surface area contributed by atoms with Crippen LogP contribution in [0.3, 0.4) is 0 Å². The minimum Gasteiger partial charge on any atom is -0.481 e. The van der Waals surface area contributed by atoms with E-state index < -0.39 is 28.8 Å². The van der Waals surface area contributed by atoms with E-state index in [0.29, 0.717) is 12.8 Å². The fraction of sp³-hybridized carbons (Fsp3) is 0.500. The molecule has 0 heterocycles. The summed E-state index contributed by atoms with van der Waals surface area (Å²) >= 11 is 0. The number of aliphatic carboxylic acids is 1. The molecule has 1 aliphatic carbocycles. The summed E-state index contributed by atoms with van der Waals surface area (Å²) in [5.41, 5.74) is -1.02. The van der Waals surface area contributed by atoms with Crippen molar-refractivity contribution >= 4 is 17.6 Å². The molecule has 8 heteroatoms. The zero-order chi connectivity index (χ0) is 17.7. The number of nitrogens with one attached hydrogen (secondary N) is 1. The molecule has 0 aliphatic heterocycles. The van der Waals surface area contributed by atoms with Gasteiger partial charge in [-0.25, -0.2) is 0 Å². The van der Waals surface area contributed by atoms with Crippen LogP contribution in [0.15, 0.2) is 18.2 Å². The molecule has 0 radical (unpaired) electrons. The Morgan fingerprint density at radius 3 is 2.46 bits per heavy atom. The molecule has 1 aliphatic rings. The highest BCUT2D eigenvalue weighted by atomic mass is 16.6. The minimum atomic E-state index is -0.950. The zero-order valence-electron chi connectivity index (χ0n) is 13.2. The predicted octanol–water partition coefficient (Wildman–Crippen LogP) is 1.85. The predicted molar refractivity (Wildman–Crippen MR) is 84.5 cm³/mol. The fourth-order valence-corrected chi connectivity index (χ4v) is 3.08. The molecule has 130 valence electrons. The smallest absolute Gasteiger partial charge is 0.311 e. The summed E-state index contributed by atoms with van der Waals surface area (Å²) in [5, 5.41) is 32.2. The Morgan fingerprint density at radius 1 is 1.25 bits per heavy atom. The number of aliphatic hydroxyl groups excluding tert-OH is 1. The summed E-state index contributed by atoms with van der Waals surface area (Å²) in [6.45, 7) is -0.539. The number of carbonyl (C=O) groups excluding carboxylic acids is 1. The van der Waals surface area contributed by atoms with Crippen molar-refractivity contribution in [2.75, 3.05) is 6.54 Å². The third-order valence-electron chi connectivity index (χ3n) is 4.56. The number of carbonyl (C=O) groups is 2. The molecule has 0 aromatic heterocycles. The molecule has 1 aromatic rings. The number of nitrogens with zero attached hydrogens (tertiary/aromatic N) is 1. The molecule has 0 atom stereocenters. The average molecular weight is 336 g/mol. The first-order valence-electron chi connectivity index (χ1n) is 7.79. The summed E-state index contributed by atoms with van der Waals surface area (Å²) in [6, 6.07) is 3.71. The van der Waals surface area contributed by atoms with Crippen LogP contribution < -0.4 is 5.32 Å². The Kier molecular flexibility index (Phi) is 5.50. The van der Waals surface area contributed by atoms with Crippen LogP contribution in [0.4, 0.5) is 5.69 Å². The van der Waals surface area contributed by atoms with E-state index in [1.165, 1.54) is 12.1 Å². The first kappa shape index (κ1) is 17.9. The van der Waals surface area contributed by atoms with Crippen LogP contribution >= 0.6 is 0 Å². The summed E-state index contributed by atoms with van der Waals surface area (Å²) in [6.07, 6.45) is 3.66. The molecule has 0 spiro atoms. The molecular weight excluding hydrogens is 316 g/mol. The van der Waals surface area contributed by atoms with E-state index in [2.05, 4.69) is 5.32 Å². The SMILES string of the molecule is O=C(NCC1(C(=O)O)CCCCC1)c1ccc([N+](=O)[O-])c(CO)c1. The highest BCUT2D eigenvalue weighted by Crippen LogP contribution is 2.36. The number of rotatable bonds is 6. The van der Waals surface area contributed by atoms with Gasteiger partial charge in [0, 0.05) is 18.2 Å². The normalized spacial score (nSPS) is 16.4. The maximum atomic E-state index is 12.2. The van der Waals surface area contributed by atoms with Gasteiger partial charge in [0.15, 0.2) is 0 Å². The van der Waals surface area contributed by atoms with Crippen LogP contribution in [0.2, 0.25) is 0 Å². The highest BCUT2D eigenvalue weighted by Gasteiger charge is 2.39. The number of aliphatic hydroxyl groups is 1. The molecule has 1 fully saturated rings. The van der Waals surface area contributed by atoms with E-state index in [-0.39, 0.29) is 23.4 Å². The zero-order valence-corrected chi connectivity index (χ0v) is 13.2. The van der Waals surface area contributed by atoms with Crippen LogP contribution in [0.1, 0.15) is 48.0 Å². The lowest BCUT2D eigenvalue weighted by atomic mass is 9.74. The van der Waals surface area contributed by atoms with Gasteiger partial charge in [-0.3, -0.25) is 19.7 Å². The van der Waals surface area contributed by atoms with E-state index in [4.69, 9.17) is 0 Å². The minimum absolute atomic E-state index is 0.0204. The topological polar surface area (TPSA) is 130 Å². The van der Waals surface area contributed by atoms with Crippen molar-refractivity contribution in [3.8, 4) is 0 Å². The maximum absolute atomic E-state index is 12.2. The van der Waals surface area contributed by atoms with E-state index >= 15 is 0 Å². The van der Waals surface area contributed by atoms with Crippen molar-refractivity contribution in [1.29, 1.82) is 0 Å². The van der Waals surface area contributed by atoms with Crippen LogP contribution in [-0.2, 0) is 11.4 Å². The quantitative estimate of drug-likeness (QED) is 0.537. The van der Waals surface area contributed by atoms with Gasteiger partial charge in [0.2, 0.25) is 0 Å². The average Bonchev–Trinajstić information content (AvgIpc) is 2.59. The number of amides is 1. The third-order valence-corrected chi connectivity index (χ3v) is 4.56. The molecule has 0 unspecified atom stereocenters. The Hall–Kier alpha value is -2.48. The van der Waals surface area contributed by atoms with Crippen LogP contribution in [0, 0.1) is 15.5 Å². The largest absolute Gasteiger partial charge is 0.481 e. The van der Waals surface area contributed by atoms with Gasteiger partial charge in [-0.15, -0.1) is 0 Å². The third kappa shape index (κ3) is 3.70. The van der Waals surface area contributed by atoms with Crippen molar-refractivity contribution in [3.63, 3.8) is 0 Å². The van der Waals surface area contributed by atoms with Crippen molar-refractivity contribution in [2.45, 2.75) is 38.7 Å². The number of carboxylic acids is 1. The molecule has 8 nitrogen and oxygen atoms in total. The van der Waals surface area contributed by atoms with Gasteiger partial charge in [-0.2, -0.15) is 0 Å². The van der Waals surface area contributed by atoms with Gasteiger partial charge < -0.3 is 15.5 Å². The number of carboxylic acid groups (broad SMARTS) is 1. The van der Waals surface area contributed by atoms with Crippen LogP contribution in [-0.4, -0.2) is 33.6 Å². The lowest BCUT2D eigenvalue weighted by Crippen LogP contribution is -2.44. The van der Waals surface area contributed by atoms with Crippen LogP contribution in [0.25, 0.3) is 0 Å². The second kappa shape index (κ2) is 7.39. The lowest BCUT2D eigenvalue weighted by molar-refractivity contribution is -0.385. The second-order valence-corrected chi connectivity index (χ2v) is 6.09. The van der Waals surface area contributed by atoms with E-state index in [0.717, 1.165) is 25.3 Å². The van der Waals surface area contributed by atoms with E-state index in [1.807, 2.05) is 0 Å². The molecule has 0 saturated heterocycles. The van der Waals surface area contributed by atoms with Gasteiger partial charge in [0.05, 0.1) is 22.5 Å². The molecule has 1 aromatic carbocycles. The second-order valence-electron chi connectivity index (χ2n) is 6.09. The molecular formula is C16H20N2O6. The number of hydrogen-bond acceptors (Lipinski definition) is 5. The van der Waals surface area contributed by atoms with Crippen LogP contribution in [0.5, 0.6) is 0 Å². The van der Waals surface area contributed by atoms with E-state index in [1.54, 1.807) is 0 Å². The summed E-state index contributed by atoms with van der Waals surface area (Å²) in [5.74, 6) is -1.42.